The van der Waals surface area contributed by atoms with E-state index in [-0.39, 0.29) is 5.91 Å². The number of carbonyl (C=O) groups excluding carboxylic acids is 1. The van der Waals surface area contributed by atoms with Gasteiger partial charge in [0, 0.05) is 19.5 Å². The molecule has 0 fully saturated rings. The van der Waals surface area contributed by atoms with Crippen LogP contribution in [0.3, 0.4) is 0 Å². The number of nitrogens with zero attached hydrogens (tertiary/aromatic N) is 2. The van der Waals surface area contributed by atoms with Crippen LogP contribution in [0.1, 0.15) is 47.4 Å². The van der Waals surface area contributed by atoms with E-state index in [0.29, 0.717) is 17.9 Å². The summed E-state index contributed by atoms with van der Waals surface area (Å²) in [6.45, 7) is 1.63. The molecule has 1 heterocycles. The van der Waals surface area contributed by atoms with Gasteiger partial charge in [0.15, 0.2) is 0 Å². The molecule has 0 saturated carbocycles. The lowest BCUT2D eigenvalue weighted by atomic mass is 10.1. The summed E-state index contributed by atoms with van der Waals surface area (Å²) < 4.78 is 7.67. The van der Waals surface area contributed by atoms with Gasteiger partial charge in [-0.05, 0) is 55.5 Å². The number of nitrogens with one attached hydrogen (secondary N) is 1. The maximum Gasteiger partial charge on any atom is 0.255 e. The summed E-state index contributed by atoms with van der Waals surface area (Å²) in [6, 6.07) is 26.4. The number of carbonyl (C=O) groups is 1. The Morgan fingerprint density at radius 3 is 2.47 bits per heavy atom. The predicted octanol–water partition coefficient (Wildman–Crippen LogP) is 5.82. The first-order valence-electron chi connectivity index (χ1n) is 12.2. The number of hydrogen-bond donors (Lipinski definition) is 1. The van der Waals surface area contributed by atoms with E-state index in [1.807, 2.05) is 12.1 Å². The lowest BCUT2D eigenvalue weighted by Gasteiger charge is -2.10. The Bertz CT molecular complexity index is 1200. The van der Waals surface area contributed by atoms with Crippen molar-refractivity contribution in [2.24, 2.45) is 0 Å². The van der Waals surface area contributed by atoms with Crippen LogP contribution in [0.25, 0.3) is 11.0 Å². The predicted molar refractivity (Wildman–Crippen MR) is 137 cm³/mol. The number of para-hydroxylation sites is 3. The monoisotopic (exact) mass is 455 g/mol. The first kappa shape index (κ1) is 23.6. The zero-order valence-electron chi connectivity index (χ0n) is 19.9. The van der Waals surface area contributed by atoms with Crippen molar-refractivity contribution in [2.75, 3.05) is 13.7 Å². The molecule has 0 unspecified atom stereocenters. The fourth-order valence-electron chi connectivity index (χ4n) is 4.37. The molecule has 5 nitrogen and oxygen atoms in total. The quantitative estimate of drug-likeness (QED) is 0.274. The fraction of sp³-hybridized carbons (Fsp3) is 0.310. The molecule has 0 atom stereocenters. The summed E-state index contributed by atoms with van der Waals surface area (Å²) >= 11 is 0. The highest BCUT2D eigenvalue weighted by atomic mass is 16.5. The zero-order valence-corrected chi connectivity index (χ0v) is 19.9. The highest BCUT2D eigenvalue weighted by Crippen LogP contribution is 2.19. The van der Waals surface area contributed by atoms with E-state index < -0.39 is 0 Å². The van der Waals surface area contributed by atoms with Crippen LogP contribution in [0.4, 0.5) is 0 Å². The van der Waals surface area contributed by atoms with Crippen molar-refractivity contribution < 1.29 is 9.53 Å². The van der Waals surface area contributed by atoms with E-state index in [1.54, 1.807) is 19.2 Å². The molecule has 0 radical (unpaired) electrons. The summed E-state index contributed by atoms with van der Waals surface area (Å²) in [5, 5.41) is 3.01. The van der Waals surface area contributed by atoms with Gasteiger partial charge in [-0.2, -0.15) is 0 Å². The molecule has 0 bridgehead atoms. The zero-order chi connectivity index (χ0) is 23.6. The fourth-order valence-corrected chi connectivity index (χ4v) is 4.37. The lowest BCUT2D eigenvalue weighted by molar-refractivity contribution is 0.0950. The largest absolute Gasteiger partial charge is 0.496 e. The highest BCUT2D eigenvalue weighted by Gasteiger charge is 2.12. The van der Waals surface area contributed by atoms with E-state index >= 15 is 0 Å². The van der Waals surface area contributed by atoms with Crippen LogP contribution in [-0.2, 0) is 19.4 Å². The van der Waals surface area contributed by atoms with Crippen molar-refractivity contribution >= 4 is 16.9 Å². The Balaban J connectivity index is 1.26. The second kappa shape index (κ2) is 12.0. The van der Waals surface area contributed by atoms with Crippen LogP contribution in [-0.4, -0.2) is 29.1 Å². The van der Waals surface area contributed by atoms with E-state index in [1.165, 1.54) is 11.1 Å². The number of unbranched alkanes of at least 4 members (excludes halogenated alkanes) is 2. The molecular weight excluding hydrogens is 422 g/mol. The molecule has 4 aromatic rings. The molecule has 0 spiro atoms. The molecule has 5 heteroatoms. The second-order valence-electron chi connectivity index (χ2n) is 8.52. The van der Waals surface area contributed by atoms with Gasteiger partial charge in [0.2, 0.25) is 0 Å². The molecule has 176 valence electrons. The minimum atomic E-state index is -0.0855. The van der Waals surface area contributed by atoms with Gasteiger partial charge < -0.3 is 14.6 Å². The Kier molecular flexibility index (Phi) is 8.33. The Morgan fingerprint density at radius 2 is 1.62 bits per heavy atom. The van der Waals surface area contributed by atoms with Gasteiger partial charge in [0.25, 0.3) is 5.91 Å². The van der Waals surface area contributed by atoms with Gasteiger partial charge in [0.1, 0.15) is 11.6 Å². The molecular formula is C29H33N3O2. The number of fused-ring (bicyclic) bond motifs is 1. The Labute approximate surface area is 201 Å². The number of amides is 1. The number of imidazole rings is 1. The number of aromatic nitrogens is 2. The van der Waals surface area contributed by atoms with Crippen LogP contribution in [0.15, 0.2) is 78.9 Å². The molecule has 1 aromatic heterocycles. The van der Waals surface area contributed by atoms with Crippen molar-refractivity contribution in [1.82, 2.24) is 14.9 Å². The van der Waals surface area contributed by atoms with E-state index in [0.717, 1.165) is 56.4 Å². The Hall–Kier alpha value is -3.60. The standard InChI is InChI=1S/C29H33N3O2/c1-34-27-19-10-7-16-24(27)29(33)30-21-11-3-6-20-28-31-25-17-8-9-18-26(25)32(28)22-12-15-23-13-4-2-5-14-23/h2,4-5,7-10,13-14,16-19H,3,6,11-12,15,20-22H2,1H3,(H,30,33). The number of ether oxygens (including phenoxy) is 1. The van der Waals surface area contributed by atoms with E-state index in [9.17, 15) is 4.79 Å². The van der Waals surface area contributed by atoms with E-state index in [4.69, 9.17) is 9.72 Å². The maximum absolute atomic E-state index is 12.4. The van der Waals surface area contributed by atoms with Crippen molar-refractivity contribution in [3.05, 3.63) is 95.8 Å². The minimum Gasteiger partial charge on any atom is -0.496 e. The SMILES string of the molecule is COc1ccccc1C(=O)NCCCCCc1nc2ccccc2n1CCCc1ccccc1. The van der Waals surface area contributed by atoms with Crippen LogP contribution in [0, 0.1) is 0 Å². The summed E-state index contributed by atoms with van der Waals surface area (Å²) in [6.07, 6.45) is 6.13. The first-order valence-corrected chi connectivity index (χ1v) is 12.2. The molecule has 3 aromatic carbocycles. The molecule has 4 rings (SSSR count). The van der Waals surface area contributed by atoms with Crippen LogP contribution in [0.5, 0.6) is 5.75 Å². The number of rotatable bonds is 12. The summed E-state index contributed by atoms with van der Waals surface area (Å²) in [5.41, 5.74) is 4.24. The number of hydrogen-bond acceptors (Lipinski definition) is 3. The first-order chi connectivity index (χ1) is 16.8. The molecule has 0 aliphatic rings. The van der Waals surface area contributed by atoms with Crippen molar-refractivity contribution in [3.8, 4) is 5.75 Å². The van der Waals surface area contributed by atoms with Gasteiger partial charge >= 0.3 is 0 Å². The summed E-state index contributed by atoms with van der Waals surface area (Å²) in [7, 11) is 1.58. The second-order valence-corrected chi connectivity index (χ2v) is 8.52. The van der Waals surface area contributed by atoms with Crippen molar-refractivity contribution in [2.45, 2.75) is 45.1 Å². The van der Waals surface area contributed by atoms with Gasteiger partial charge in [-0.15, -0.1) is 0 Å². The average molecular weight is 456 g/mol. The highest BCUT2D eigenvalue weighted by molar-refractivity contribution is 5.96. The molecule has 34 heavy (non-hydrogen) atoms. The topological polar surface area (TPSA) is 56.1 Å². The van der Waals surface area contributed by atoms with Gasteiger partial charge in [0.05, 0.1) is 23.7 Å². The Morgan fingerprint density at radius 1 is 0.853 bits per heavy atom. The smallest absolute Gasteiger partial charge is 0.255 e. The summed E-state index contributed by atoms with van der Waals surface area (Å²) in [5.74, 6) is 1.68. The van der Waals surface area contributed by atoms with Crippen LogP contribution in [0.2, 0.25) is 0 Å². The number of methoxy groups -OCH3 is 1. The van der Waals surface area contributed by atoms with Gasteiger partial charge in [-0.3, -0.25) is 4.79 Å². The molecule has 1 N–H and O–H groups in total. The lowest BCUT2D eigenvalue weighted by Crippen LogP contribution is -2.24. The molecule has 1 amide bonds. The van der Waals surface area contributed by atoms with Crippen molar-refractivity contribution in [3.63, 3.8) is 0 Å². The molecule has 0 saturated heterocycles. The van der Waals surface area contributed by atoms with Gasteiger partial charge in [-0.1, -0.05) is 61.0 Å². The molecule has 0 aliphatic heterocycles. The number of benzene rings is 3. The van der Waals surface area contributed by atoms with Gasteiger partial charge in [-0.25, -0.2) is 4.98 Å². The molecule has 0 aliphatic carbocycles. The van der Waals surface area contributed by atoms with Crippen molar-refractivity contribution in [1.29, 1.82) is 0 Å². The van der Waals surface area contributed by atoms with Crippen LogP contribution < -0.4 is 10.1 Å². The summed E-state index contributed by atoms with van der Waals surface area (Å²) in [4.78, 5) is 17.3. The van der Waals surface area contributed by atoms with E-state index in [2.05, 4.69) is 64.5 Å². The third kappa shape index (κ3) is 6.04. The third-order valence-electron chi connectivity index (χ3n) is 6.14. The normalized spacial score (nSPS) is 11.0. The van der Waals surface area contributed by atoms with Crippen LogP contribution >= 0.6 is 0 Å². The maximum atomic E-state index is 12.4. The third-order valence-corrected chi connectivity index (χ3v) is 6.14. The number of aryl methyl sites for hydroxylation is 3. The average Bonchev–Trinajstić information content (AvgIpc) is 3.24. The minimum absolute atomic E-state index is 0.0855.